The predicted molar refractivity (Wildman–Crippen MR) is 97.7 cm³/mol. The van der Waals surface area contributed by atoms with Crippen LogP contribution < -0.4 is 10.6 Å². The van der Waals surface area contributed by atoms with E-state index in [0.717, 1.165) is 25.0 Å². The van der Waals surface area contributed by atoms with Gasteiger partial charge in [-0.15, -0.1) is 0 Å². The average molecular weight is 396 g/mol. The summed E-state index contributed by atoms with van der Waals surface area (Å²) in [7, 11) is 0. The first-order valence-electron chi connectivity index (χ1n) is 8.48. The molecule has 142 valence electrons. The molecule has 27 heavy (non-hydrogen) atoms. The first kappa shape index (κ1) is 17.9. The maximum atomic E-state index is 14.2. The molecule has 2 aliphatic rings. The summed E-state index contributed by atoms with van der Waals surface area (Å²) < 4.78 is 42.2. The third-order valence-corrected chi connectivity index (χ3v) is 5.42. The van der Waals surface area contributed by atoms with Crippen LogP contribution in [0.25, 0.3) is 0 Å². The van der Waals surface area contributed by atoms with Crippen molar-refractivity contribution in [3.05, 3.63) is 52.4 Å². The molecule has 4 rings (SSSR count). The zero-order valence-electron chi connectivity index (χ0n) is 14.3. The average Bonchev–Trinajstić information content (AvgIpc) is 3.37. The Morgan fingerprint density at radius 2 is 1.85 bits per heavy atom. The van der Waals surface area contributed by atoms with E-state index in [1.807, 2.05) is 0 Å². The molecule has 1 saturated heterocycles. The molecule has 2 heterocycles. The minimum Gasteiger partial charge on any atom is -0.396 e. The van der Waals surface area contributed by atoms with E-state index in [0.29, 0.717) is 19.6 Å². The molecule has 1 aromatic heterocycles. The Balaban J connectivity index is 1.61. The van der Waals surface area contributed by atoms with Crippen molar-refractivity contribution in [1.29, 1.82) is 5.41 Å². The molecule has 9 heteroatoms. The van der Waals surface area contributed by atoms with Gasteiger partial charge in [0, 0.05) is 25.8 Å². The number of anilines is 2. The Bertz CT molecular complexity index is 931. The molecule has 0 unspecified atom stereocenters. The highest BCUT2D eigenvalue weighted by atomic mass is 35.5. The highest BCUT2D eigenvalue weighted by molar-refractivity contribution is 6.30. The number of amidine groups is 1. The maximum Gasteiger partial charge on any atom is 0.167 e. The number of nitrogen functional groups attached to an aromatic ring is 1. The zero-order chi connectivity index (χ0) is 19.3. The molecule has 2 fully saturated rings. The first-order valence-corrected chi connectivity index (χ1v) is 8.86. The van der Waals surface area contributed by atoms with Crippen LogP contribution in [0, 0.1) is 22.9 Å². The van der Waals surface area contributed by atoms with Gasteiger partial charge in [0.1, 0.15) is 17.5 Å². The lowest BCUT2D eigenvalue weighted by atomic mass is 10.0. The van der Waals surface area contributed by atoms with E-state index in [1.165, 1.54) is 12.3 Å². The van der Waals surface area contributed by atoms with Gasteiger partial charge in [-0.2, -0.15) is 0 Å². The van der Waals surface area contributed by atoms with Crippen molar-refractivity contribution in [1.82, 2.24) is 9.88 Å². The number of pyridine rings is 1. The summed E-state index contributed by atoms with van der Waals surface area (Å²) in [4.78, 5) is 7.62. The molecule has 1 aliphatic carbocycles. The van der Waals surface area contributed by atoms with Gasteiger partial charge in [-0.3, -0.25) is 5.41 Å². The zero-order valence-corrected chi connectivity index (χ0v) is 15.0. The van der Waals surface area contributed by atoms with Gasteiger partial charge in [0.25, 0.3) is 0 Å². The lowest BCUT2D eigenvalue weighted by Crippen LogP contribution is -2.57. The van der Waals surface area contributed by atoms with Crippen LogP contribution in [0.3, 0.4) is 0 Å². The number of hydrogen-bond donors (Lipinski definition) is 2. The second-order valence-electron chi connectivity index (χ2n) is 6.92. The van der Waals surface area contributed by atoms with Crippen molar-refractivity contribution in [2.24, 2.45) is 0 Å². The van der Waals surface area contributed by atoms with Crippen LogP contribution in [-0.4, -0.2) is 40.9 Å². The fourth-order valence-electron chi connectivity index (χ4n) is 3.66. The summed E-state index contributed by atoms with van der Waals surface area (Å²) >= 11 is 5.76. The normalized spacial score (nSPS) is 18.1. The summed E-state index contributed by atoms with van der Waals surface area (Å²) in [6.45, 7) is 1.16. The largest absolute Gasteiger partial charge is 0.396 e. The molecule has 1 spiro atoms. The van der Waals surface area contributed by atoms with E-state index < -0.39 is 23.0 Å². The van der Waals surface area contributed by atoms with Crippen LogP contribution in [0.15, 0.2) is 24.4 Å². The van der Waals surface area contributed by atoms with E-state index in [2.05, 4.69) is 4.98 Å². The van der Waals surface area contributed by atoms with Crippen LogP contribution in [0.2, 0.25) is 5.02 Å². The maximum absolute atomic E-state index is 14.2. The number of nitrogens with one attached hydrogen (secondary N) is 1. The standard InChI is InChI=1S/C18H17ClF3N5/c19-10-7-13(22)17(25-8-10)26-5-6-27(18(9-26)3-4-18)16(24)14-11(20)1-2-12(21)15(14)23/h1-2,7-8,24H,3-6,9,23H2. The van der Waals surface area contributed by atoms with E-state index in [9.17, 15) is 13.2 Å². The van der Waals surface area contributed by atoms with Gasteiger partial charge in [-0.05, 0) is 31.0 Å². The van der Waals surface area contributed by atoms with Crippen molar-refractivity contribution >= 4 is 28.9 Å². The van der Waals surface area contributed by atoms with Crippen molar-refractivity contribution in [2.45, 2.75) is 18.4 Å². The van der Waals surface area contributed by atoms with Crippen LogP contribution in [0.1, 0.15) is 18.4 Å². The first-order chi connectivity index (χ1) is 12.8. The minimum absolute atomic E-state index is 0.147. The van der Waals surface area contributed by atoms with Crippen molar-refractivity contribution in [2.75, 3.05) is 30.3 Å². The minimum atomic E-state index is -0.757. The van der Waals surface area contributed by atoms with Crippen LogP contribution in [-0.2, 0) is 0 Å². The Kier molecular flexibility index (Phi) is 4.18. The summed E-state index contributed by atoms with van der Waals surface area (Å²) in [5, 5.41) is 8.67. The van der Waals surface area contributed by atoms with Crippen molar-refractivity contribution in [3.63, 3.8) is 0 Å². The van der Waals surface area contributed by atoms with Crippen LogP contribution in [0.4, 0.5) is 24.7 Å². The SMILES string of the molecule is N=C(c1c(F)ccc(F)c1N)N1CCN(c2ncc(Cl)cc2F)CC12CC2. The van der Waals surface area contributed by atoms with E-state index in [1.54, 1.807) is 9.80 Å². The molecule has 1 aromatic carbocycles. The van der Waals surface area contributed by atoms with Crippen LogP contribution in [0.5, 0.6) is 0 Å². The third kappa shape index (κ3) is 2.97. The number of hydrogen-bond acceptors (Lipinski definition) is 4. The monoisotopic (exact) mass is 395 g/mol. The summed E-state index contributed by atoms with van der Waals surface area (Å²) in [5.41, 5.74) is 4.65. The number of aromatic nitrogens is 1. The van der Waals surface area contributed by atoms with Gasteiger partial charge in [-0.1, -0.05) is 11.6 Å². The third-order valence-electron chi connectivity index (χ3n) is 5.21. The number of benzene rings is 1. The van der Waals surface area contributed by atoms with E-state index in [-0.39, 0.29) is 27.9 Å². The highest BCUT2D eigenvalue weighted by Gasteiger charge is 2.53. The summed E-state index contributed by atoms with van der Waals surface area (Å²) in [6.07, 6.45) is 2.91. The smallest absolute Gasteiger partial charge is 0.167 e. The fraction of sp³-hybridized carbons (Fsp3) is 0.333. The molecule has 1 saturated carbocycles. The molecule has 0 radical (unpaired) electrons. The summed E-state index contributed by atoms with van der Waals surface area (Å²) in [6, 6.07) is 3.13. The summed E-state index contributed by atoms with van der Waals surface area (Å²) in [5.74, 6) is -1.95. The van der Waals surface area contributed by atoms with Gasteiger partial charge in [0.2, 0.25) is 0 Å². The lowest BCUT2D eigenvalue weighted by Gasteiger charge is -2.44. The van der Waals surface area contributed by atoms with Crippen molar-refractivity contribution < 1.29 is 13.2 Å². The Hall–Kier alpha value is -2.48. The molecule has 5 nitrogen and oxygen atoms in total. The molecule has 2 aromatic rings. The second-order valence-corrected chi connectivity index (χ2v) is 7.36. The molecule has 0 amide bonds. The fourth-order valence-corrected chi connectivity index (χ4v) is 3.81. The number of rotatable bonds is 2. The Morgan fingerprint density at radius 1 is 1.15 bits per heavy atom. The van der Waals surface area contributed by atoms with Gasteiger partial charge in [-0.25, -0.2) is 18.2 Å². The topological polar surface area (TPSA) is 69.2 Å². The Labute approximate surface area is 159 Å². The van der Waals surface area contributed by atoms with Crippen molar-refractivity contribution in [3.8, 4) is 0 Å². The van der Waals surface area contributed by atoms with E-state index >= 15 is 0 Å². The predicted octanol–water partition coefficient (Wildman–Crippen LogP) is 3.41. The molecular weight excluding hydrogens is 379 g/mol. The van der Waals surface area contributed by atoms with Crippen LogP contribution >= 0.6 is 11.6 Å². The quantitative estimate of drug-likeness (QED) is 0.464. The molecular formula is C18H17ClF3N5. The molecule has 0 bridgehead atoms. The number of piperazine rings is 1. The number of nitrogens with two attached hydrogens (primary N) is 1. The molecule has 0 atom stereocenters. The number of halogens is 4. The van der Waals surface area contributed by atoms with E-state index in [4.69, 9.17) is 22.7 Å². The van der Waals surface area contributed by atoms with Gasteiger partial charge in [0.15, 0.2) is 11.6 Å². The molecule has 3 N–H and O–H groups in total. The lowest BCUT2D eigenvalue weighted by molar-refractivity contribution is 0.257. The van der Waals surface area contributed by atoms with Gasteiger partial charge >= 0.3 is 0 Å². The second kappa shape index (κ2) is 6.30. The molecule has 1 aliphatic heterocycles. The van der Waals surface area contributed by atoms with Gasteiger partial charge in [0.05, 0.1) is 21.8 Å². The Morgan fingerprint density at radius 3 is 2.52 bits per heavy atom. The number of nitrogens with zero attached hydrogens (tertiary/aromatic N) is 3. The highest BCUT2D eigenvalue weighted by Crippen LogP contribution is 2.46. The van der Waals surface area contributed by atoms with Gasteiger partial charge < -0.3 is 15.5 Å².